The summed E-state index contributed by atoms with van der Waals surface area (Å²) in [5.74, 6) is -1.63. The molecule has 3 heterocycles. The van der Waals surface area contributed by atoms with Crippen LogP contribution in [0.2, 0.25) is 0 Å². The molecule has 0 radical (unpaired) electrons. The number of halogens is 3. The highest BCUT2D eigenvalue weighted by Crippen LogP contribution is 2.25. The van der Waals surface area contributed by atoms with Crippen LogP contribution >= 0.6 is 0 Å². The summed E-state index contributed by atoms with van der Waals surface area (Å²) in [7, 11) is 0. The van der Waals surface area contributed by atoms with Gasteiger partial charge in [-0.05, 0) is 35.2 Å². The second-order valence-electron chi connectivity index (χ2n) is 6.69. The molecule has 1 atom stereocenters. The number of aromatic nitrogens is 4. The van der Waals surface area contributed by atoms with Gasteiger partial charge in [-0.25, -0.2) is 9.97 Å². The number of fused-ring (bicyclic) bond motifs is 2. The molecule has 7 nitrogen and oxygen atoms in total. The Labute approximate surface area is 167 Å². The van der Waals surface area contributed by atoms with Crippen molar-refractivity contribution in [1.29, 1.82) is 5.26 Å². The first-order chi connectivity index (χ1) is 14.4. The molecule has 0 saturated heterocycles. The number of alkyl halides is 3. The fourth-order valence-electron chi connectivity index (χ4n) is 3.26. The van der Waals surface area contributed by atoms with E-state index in [1.54, 1.807) is 36.5 Å². The van der Waals surface area contributed by atoms with Gasteiger partial charge in [0.15, 0.2) is 11.7 Å². The van der Waals surface area contributed by atoms with E-state index in [1.165, 1.54) is 23.0 Å². The van der Waals surface area contributed by atoms with Gasteiger partial charge in [-0.2, -0.15) is 18.4 Å². The number of hydrogen-bond donors (Lipinski definition) is 2. The summed E-state index contributed by atoms with van der Waals surface area (Å²) in [6.07, 6.45) is -1.50. The Hall–Kier alpha value is -3.71. The summed E-state index contributed by atoms with van der Waals surface area (Å²) in [5, 5.41) is 12.7. The Morgan fingerprint density at radius 1 is 1.20 bits per heavy atom. The molecule has 0 aliphatic heterocycles. The van der Waals surface area contributed by atoms with Crippen LogP contribution in [0.5, 0.6) is 0 Å². The second-order valence-corrected chi connectivity index (χ2v) is 6.69. The van der Waals surface area contributed by atoms with E-state index in [9.17, 15) is 18.0 Å². The van der Waals surface area contributed by atoms with Crippen molar-refractivity contribution < 1.29 is 13.2 Å². The molecule has 4 rings (SSSR count). The predicted molar refractivity (Wildman–Crippen MR) is 104 cm³/mol. The highest BCUT2D eigenvalue weighted by molar-refractivity contribution is 5.87. The van der Waals surface area contributed by atoms with Crippen molar-refractivity contribution >= 4 is 21.9 Å². The minimum absolute atomic E-state index is 0.152. The predicted octanol–water partition coefficient (Wildman–Crippen LogP) is 3.05. The maximum atomic E-state index is 12.7. The molecule has 2 N–H and O–H groups in total. The fourth-order valence-corrected chi connectivity index (χ4v) is 3.26. The first-order valence-electron chi connectivity index (χ1n) is 8.98. The van der Waals surface area contributed by atoms with Crippen LogP contribution < -0.4 is 10.9 Å². The Kier molecular flexibility index (Phi) is 4.97. The van der Waals surface area contributed by atoms with Crippen molar-refractivity contribution in [3.05, 3.63) is 64.8 Å². The average Bonchev–Trinajstić information content (AvgIpc) is 3.19. The molecule has 0 aliphatic rings. The number of nitrogens with one attached hydrogen (secondary N) is 2. The lowest BCUT2D eigenvalue weighted by atomic mass is 10.1. The summed E-state index contributed by atoms with van der Waals surface area (Å²) in [5.41, 5.74) is 1.66. The van der Waals surface area contributed by atoms with E-state index in [-0.39, 0.29) is 12.1 Å². The number of aromatic amines is 1. The van der Waals surface area contributed by atoms with Crippen molar-refractivity contribution in [2.24, 2.45) is 5.92 Å². The zero-order valence-corrected chi connectivity index (χ0v) is 15.4. The Bertz CT molecular complexity index is 1320. The fraction of sp³-hybridized carbons (Fsp3) is 0.200. The third-order valence-corrected chi connectivity index (χ3v) is 4.73. The van der Waals surface area contributed by atoms with Crippen molar-refractivity contribution in [2.75, 3.05) is 6.54 Å². The van der Waals surface area contributed by atoms with Crippen LogP contribution in [0.3, 0.4) is 0 Å². The average molecular weight is 412 g/mol. The smallest absolute Gasteiger partial charge is 0.346 e. The van der Waals surface area contributed by atoms with Crippen LogP contribution in [0.15, 0.2) is 53.7 Å². The minimum atomic E-state index is -4.57. The number of rotatable bonds is 5. The zero-order chi connectivity index (χ0) is 21.3. The quantitative estimate of drug-likeness (QED) is 0.525. The lowest BCUT2D eigenvalue weighted by molar-refractivity contribution is -0.157. The van der Waals surface area contributed by atoms with Gasteiger partial charge in [-0.1, -0.05) is 6.07 Å². The van der Waals surface area contributed by atoms with Crippen molar-refractivity contribution in [3.8, 4) is 11.9 Å². The molecule has 10 heteroatoms. The topological polar surface area (TPSA) is 99.4 Å². The van der Waals surface area contributed by atoms with Crippen LogP contribution in [-0.4, -0.2) is 32.2 Å². The van der Waals surface area contributed by atoms with Crippen LogP contribution in [0, 0.1) is 17.2 Å². The minimum Gasteiger partial charge on any atom is -0.346 e. The molecule has 0 aliphatic carbocycles. The van der Waals surface area contributed by atoms with Crippen LogP contribution in [0.25, 0.3) is 27.8 Å². The largest absolute Gasteiger partial charge is 0.405 e. The van der Waals surface area contributed by atoms with Gasteiger partial charge in [0.2, 0.25) is 0 Å². The van der Waals surface area contributed by atoms with Crippen molar-refractivity contribution in [1.82, 2.24) is 24.8 Å². The molecule has 4 aromatic rings. The van der Waals surface area contributed by atoms with Gasteiger partial charge in [0.1, 0.15) is 12.0 Å². The Morgan fingerprint density at radius 2 is 2.03 bits per heavy atom. The molecule has 0 bridgehead atoms. The van der Waals surface area contributed by atoms with Gasteiger partial charge in [-0.15, -0.1) is 0 Å². The van der Waals surface area contributed by atoms with E-state index >= 15 is 0 Å². The molecule has 0 saturated carbocycles. The highest BCUT2D eigenvalue weighted by Gasteiger charge is 2.39. The molecular formula is C20H15F3N6O. The van der Waals surface area contributed by atoms with Gasteiger partial charge in [0.25, 0.3) is 5.56 Å². The lowest BCUT2D eigenvalue weighted by Crippen LogP contribution is -2.32. The molecule has 1 unspecified atom stereocenters. The van der Waals surface area contributed by atoms with Gasteiger partial charge in [0.05, 0.1) is 17.0 Å². The molecule has 3 aromatic heterocycles. The van der Waals surface area contributed by atoms with Crippen molar-refractivity contribution in [2.45, 2.75) is 12.7 Å². The third-order valence-electron chi connectivity index (χ3n) is 4.73. The van der Waals surface area contributed by atoms with Crippen LogP contribution in [0.4, 0.5) is 13.2 Å². The second kappa shape index (κ2) is 7.61. The SMILES string of the molecule is N#CC(CNCc1ccc2c(ccc(=O)n2-c2ncnc3[nH]ccc23)c1)C(F)(F)F. The van der Waals surface area contributed by atoms with Gasteiger partial charge in [0, 0.05) is 25.4 Å². The zero-order valence-electron chi connectivity index (χ0n) is 15.4. The first-order valence-corrected chi connectivity index (χ1v) is 8.98. The summed E-state index contributed by atoms with van der Waals surface area (Å²) in [6, 6.07) is 11.3. The summed E-state index contributed by atoms with van der Waals surface area (Å²) >= 11 is 0. The standard InChI is InChI=1S/C20H15F3N6O/c21-20(22,23)14(8-24)10-25-9-12-1-3-16-13(7-12)2-4-17(30)29(16)19-15-5-6-26-18(15)27-11-28-19/h1-7,11,14,25H,9-10H2,(H,26,27,28). The maximum Gasteiger partial charge on any atom is 0.405 e. The summed E-state index contributed by atoms with van der Waals surface area (Å²) < 4.78 is 39.5. The van der Waals surface area contributed by atoms with Crippen LogP contribution in [0.1, 0.15) is 5.56 Å². The monoisotopic (exact) mass is 412 g/mol. The van der Waals surface area contributed by atoms with E-state index in [4.69, 9.17) is 5.26 Å². The summed E-state index contributed by atoms with van der Waals surface area (Å²) in [6.45, 7) is -0.344. The lowest BCUT2D eigenvalue weighted by Gasteiger charge is -2.14. The van der Waals surface area contributed by atoms with E-state index in [1.807, 2.05) is 0 Å². The number of pyridine rings is 1. The molecule has 152 valence electrons. The summed E-state index contributed by atoms with van der Waals surface area (Å²) in [4.78, 5) is 24.0. The van der Waals surface area contributed by atoms with Gasteiger partial charge in [-0.3, -0.25) is 9.36 Å². The van der Waals surface area contributed by atoms with E-state index < -0.39 is 18.6 Å². The Morgan fingerprint density at radius 3 is 2.80 bits per heavy atom. The van der Waals surface area contributed by atoms with Gasteiger partial charge < -0.3 is 10.3 Å². The number of benzene rings is 1. The van der Waals surface area contributed by atoms with E-state index in [0.29, 0.717) is 22.4 Å². The van der Waals surface area contributed by atoms with E-state index in [0.717, 1.165) is 10.9 Å². The molecule has 0 fully saturated rings. The molecule has 0 amide bonds. The van der Waals surface area contributed by atoms with Crippen molar-refractivity contribution in [3.63, 3.8) is 0 Å². The normalized spacial score (nSPS) is 12.9. The highest BCUT2D eigenvalue weighted by atomic mass is 19.4. The molecule has 1 aromatic carbocycles. The molecule has 30 heavy (non-hydrogen) atoms. The number of H-pyrrole nitrogens is 1. The van der Waals surface area contributed by atoms with Gasteiger partial charge >= 0.3 is 6.18 Å². The Balaban J connectivity index is 1.66. The van der Waals surface area contributed by atoms with Crippen LogP contribution in [-0.2, 0) is 6.54 Å². The number of nitriles is 1. The number of hydrogen-bond acceptors (Lipinski definition) is 5. The molecular weight excluding hydrogens is 397 g/mol. The molecule has 0 spiro atoms. The maximum absolute atomic E-state index is 12.7. The van der Waals surface area contributed by atoms with E-state index in [2.05, 4.69) is 20.3 Å². The first kappa shape index (κ1) is 19.6. The third kappa shape index (κ3) is 3.62. The number of nitrogens with zero attached hydrogens (tertiary/aromatic N) is 4.